The Hall–Kier alpha value is -1.38. The number of carbonyl (C=O) groups is 1. The third kappa shape index (κ3) is 3.35. The largest absolute Gasteiger partial charge is 0.374 e. The Balaban J connectivity index is 2.69. The van der Waals surface area contributed by atoms with E-state index in [1.807, 2.05) is 11.9 Å². The Morgan fingerprint density at radius 1 is 1.47 bits per heavy atom. The van der Waals surface area contributed by atoms with Crippen LogP contribution in [0.1, 0.15) is 18.9 Å². The van der Waals surface area contributed by atoms with Gasteiger partial charge in [-0.2, -0.15) is 0 Å². The standard InChI is InChI=1S/C12H16FNO/c1-9-8-11(4-5-12(9)13)14(3)7-6-10(2)15/h4-5,8H,6-7H2,1-3H3. The van der Waals surface area contributed by atoms with Gasteiger partial charge in [-0.15, -0.1) is 0 Å². The van der Waals surface area contributed by atoms with Gasteiger partial charge in [-0.25, -0.2) is 4.39 Å². The summed E-state index contributed by atoms with van der Waals surface area (Å²) in [6.07, 6.45) is 0.521. The molecule has 0 radical (unpaired) electrons. The third-order valence-corrected chi connectivity index (χ3v) is 2.38. The van der Waals surface area contributed by atoms with Gasteiger partial charge in [0.15, 0.2) is 0 Å². The zero-order valence-corrected chi connectivity index (χ0v) is 9.38. The summed E-state index contributed by atoms with van der Waals surface area (Å²) in [6, 6.07) is 4.97. The third-order valence-electron chi connectivity index (χ3n) is 2.38. The topological polar surface area (TPSA) is 20.3 Å². The number of Topliss-reactive ketones (excluding diaryl/α,β-unsaturated/α-hetero) is 1. The first-order chi connectivity index (χ1) is 7.00. The minimum absolute atomic E-state index is 0.167. The molecule has 0 N–H and O–H groups in total. The lowest BCUT2D eigenvalue weighted by atomic mass is 10.2. The number of anilines is 1. The second-order valence-electron chi connectivity index (χ2n) is 3.81. The Morgan fingerprint density at radius 2 is 2.13 bits per heavy atom. The van der Waals surface area contributed by atoms with Gasteiger partial charge in [0.25, 0.3) is 0 Å². The van der Waals surface area contributed by atoms with E-state index >= 15 is 0 Å². The molecule has 0 bridgehead atoms. The van der Waals surface area contributed by atoms with E-state index in [0.717, 1.165) is 5.69 Å². The molecule has 2 nitrogen and oxygen atoms in total. The Kier molecular flexibility index (Phi) is 3.83. The number of nitrogens with zero attached hydrogens (tertiary/aromatic N) is 1. The second kappa shape index (κ2) is 4.91. The molecule has 0 saturated heterocycles. The molecule has 1 rings (SSSR count). The van der Waals surface area contributed by atoms with Crippen LogP contribution in [0.15, 0.2) is 18.2 Å². The van der Waals surface area contributed by atoms with Crippen molar-refractivity contribution in [3.63, 3.8) is 0 Å². The van der Waals surface area contributed by atoms with Crippen molar-refractivity contribution in [1.82, 2.24) is 0 Å². The number of aryl methyl sites for hydroxylation is 1. The van der Waals surface area contributed by atoms with Crippen LogP contribution in [0.3, 0.4) is 0 Å². The van der Waals surface area contributed by atoms with Crippen molar-refractivity contribution in [2.24, 2.45) is 0 Å². The van der Waals surface area contributed by atoms with E-state index in [2.05, 4.69) is 0 Å². The van der Waals surface area contributed by atoms with Gasteiger partial charge >= 0.3 is 0 Å². The molecular weight excluding hydrogens is 193 g/mol. The molecule has 0 aliphatic rings. The van der Waals surface area contributed by atoms with Crippen molar-refractivity contribution in [1.29, 1.82) is 0 Å². The van der Waals surface area contributed by atoms with Gasteiger partial charge in [-0.3, -0.25) is 4.79 Å². The van der Waals surface area contributed by atoms with Crippen molar-refractivity contribution in [2.45, 2.75) is 20.3 Å². The Bertz CT molecular complexity index is 363. The van der Waals surface area contributed by atoms with Crippen LogP contribution in [0.5, 0.6) is 0 Å². The van der Waals surface area contributed by atoms with Crippen LogP contribution in [0.25, 0.3) is 0 Å². The maximum absolute atomic E-state index is 13.0. The number of halogens is 1. The molecule has 0 amide bonds. The highest BCUT2D eigenvalue weighted by Gasteiger charge is 2.04. The number of carbonyl (C=O) groups excluding carboxylic acids is 1. The predicted molar refractivity (Wildman–Crippen MR) is 59.7 cm³/mol. The zero-order valence-electron chi connectivity index (χ0n) is 9.38. The van der Waals surface area contributed by atoms with Gasteiger partial charge in [0.1, 0.15) is 11.6 Å². The Morgan fingerprint density at radius 3 is 2.67 bits per heavy atom. The van der Waals surface area contributed by atoms with Crippen molar-refractivity contribution in [2.75, 3.05) is 18.5 Å². The maximum Gasteiger partial charge on any atom is 0.131 e. The first kappa shape index (κ1) is 11.7. The van der Waals surface area contributed by atoms with Crippen molar-refractivity contribution >= 4 is 11.5 Å². The first-order valence-corrected chi connectivity index (χ1v) is 4.97. The summed E-state index contributed by atoms with van der Waals surface area (Å²) >= 11 is 0. The van der Waals surface area contributed by atoms with Crippen LogP contribution in [0, 0.1) is 12.7 Å². The van der Waals surface area contributed by atoms with E-state index in [1.54, 1.807) is 26.0 Å². The van der Waals surface area contributed by atoms with Gasteiger partial charge in [0.05, 0.1) is 0 Å². The molecule has 0 saturated carbocycles. The molecule has 0 aliphatic heterocycles. The smallest absolute Gasteiger partial charge is 0.131 e. The normalized spacial score (nSPS) is 10.1. The molecule has 0 atom stereocenters. The summed E-state index contributed by atoms with van der Waals surface area (Å²) in [7, 11) is 1.90. The number of hydrogen-bond acceptors (Lipinski definition) is 2. The van der Waals surface area contributed by atoms with Crippen molar-refractivity contribution in [3.05, 3.63) is 29.6 Å². The average molecular weight is 209 g/mol. The molecule has 0 aliphatic carbocycles. The van der Waals surface area contributed by atoms with Crippen LogP contribution >= 0.6 is 0 Å². The lowest BCUT2D eigenvalue weighted by molar-refractivity contribution is -0.116. The molecule has 82 valence electrons. The SMILES string of the molecule is CC(=O)CCN(C)c1ccc(F)c(C)c1. The molecule has 0 fully saturated rings. The zero-order chi connectivity index (χ0) is 11.4. The molecule has 1 aromatic rings. The van der Waals surface area contributed by atoms with Gasteiger partial charge in [-0.05, 0) is 37.6 Å². The fourth-order valence-corrected chi connectivity index (χ4v) is 1.32. The summed E-state index contributed by atoms with van der Waals surface area (Å²) < 4.78 is 13.0. The fourth-order valence-electron chi connectivity index (χ4n) is 1.32. The van der Waals surface area contributed by atoms with Crippen molar-refractivity contribution < 1.29 is 9.18 Å². The van der Waals surface area contributed by atoms with Gasteiger partial charge < -0.3 is 4.90 Å². The minimum atomic E-state index is -0.196. The lowest BCUT2D eigenvalue weighted by Gasteiger charge is -2.19. The van der Waals surface area contributed by atoms with E-state index < -0.39 is 0 Å². The van der Waals surface area contributed by atoms with E-state index in [9.17, 15) is 9.18 Å². The maximum atomic E-state index is 13.0. The van der Waals surface area contributed by atoms with Gasteiger partial charge in [0.2, 0.25) is 0 Å². The van der Waals surface area contributed by atoms with Gasteiger partial charge in [-0.1, -0.05) is 0 Å². The quantitative estimate of drug-likeness (QED) is 0.759. The van der Waals surface area contributed by atoms with Crippen LogP contribution in [-0.2, 0) is 4.79 Å². The predicted octanol–water partition coefficient (Wildman–Crippen LogP) is 2.55. The first-order valence-electron chi connectivity index (χ1n) is 4.97. The lowest BCUT2D eigenvalue weighted by Crippen LogP contribution is -2.20. The van der Waals surface area contributed by atoms with E-state index in [1.165, 1.54) is 6.07 Å². The number of benzene rings is 1. The molecule has 1 aromatic carbocycles. The summed E-state index contributed by atoms with van der Waals surface area (Å²) in [5.74, 6) is -0.0283. The Labute approximate surface area is 89.7 Å². The molecule has 0 aromatic heterocycles. The van der Waals surface area contributed by atoms with Crippen LogP contribution < -0.4 is 4.90 Å². The van der Waals surface area contributed by atoms with E-state index in [-0.39, 0.29) is 11.6 Å². The number of hydrogen-bond donors (Lipinski definition) is 0. The molecule has 3 heteroatoms. The molecule has 0 heterocycles. The highest BCUT2D eigenvalue weighted by atomic mass is 19.1. The highest BCUT2D eigenvalue weighted by molar-refractivity contribution is 5.76. The monoisotopic (exact) mass is 209 g/mol. The number of ketones is 1. The minimum Gasteiger partial charge on any atom is -0.374 e. The summed E-state index contributed by atoms with van der Waals surface area (Å²) in [5, 5.41) is 0. The van der Waals surface area contributed by atoms with E-state index in [0.29, 0.717) is 18.5 Å². The molecule has 0 unspecified atom stereocenters. The molecular formula is C12H16FNO. The summed E-state index contributed by atoms with van der Waals surface area (Å²) in [4.78, 5) is 12.8. The average Bonchev–Trinajstić information content (AvgIpc) is 2.18. The number of rotatable bonds is 4. The van der Waals surface area contributed by atoms with Gasteiger partial charge in [0, 0.05) is 25.7 Å². The highest BCUT2D eigenvalue weighted by Crippen LogP contribution is 2.17. The van der Waals surface area contributed by atoms with Crippen LogP contribution in [-0.4, -0.2) is 19.4 Å². The van der Waals surface area contributed by atoms with Crippen LogP contribution in [0.4, 0.5) is 10.1 Å². The summed E-state index contributed by atoms with van der Waals surface area (Å²) in [5.41, 5.74) is 1.57. The van der Waals surface area contributed by atoms with Crippen LogP contribution in [0.2, 0.25) is 0 Å². The second-order valence-corrected chi connectivity index (χ2v) is 3.81. The summed E-state index contributed by atoms with van der Waals surface area (Å²) in [6.45, 7) is 3.97. The van der Waals surface area contributed by atoms with E-state index in [4.69, 9.17) is 0 Å². The molecule has 15 heavy (non-hydrogen) atoms. The fraction of sp³-hybridized carbons (Fsp3) is 0.417. The molecule has 0 spiro atoms. The van der Waals surface area contributed by atoms with Crippen molar-refractivity contribution in [3.8, 4) is 0 Å².